The quantitative estimate of drug-likeness (QED) is 0.608. The van der Waals surface area contributed by atoms with Gasteiger partial charge in [0, 0.05) is 31.5 Å². The highest BCUT2D eigenvalue weighted by atomic mass is 16.5. The molecule has 2 bridgehead atoms. The minimum Gasteiger partial charge on any atom is -0.461 e. The molecule has 4 nitrogen and oxygen atoms in total. The van der Waals surface area contributed by atoms with Crippen molar-refractivity contribution in [3.8, 4) is 0 Å². The van der Waals surface area contributed by atoms with Crippen LogP contribution in [-0.2, 0) is 9.53 Å². The molecule has 2 fully saturated rings. The Labute approximate surface area is 84.4 Å². The van der Waals surface area contributed by atoms with Crippen LogP contribution in [0.2, 0.25) is 0 Å². The third kappa shape index (κ3) is 1.64. The van der Waals surface area contributed by atoms with Crippen LogP contribution in [0.1, 0.15) is 26.2 Å². The molecule has 2 N–H and O–H groups in total. The smallest absolute Gasteiger partial charge is 0.302 e. The van der Waals surface area contributed by atoms with Gasteiger partial charge in [-0.2, -0.15) is 0 Å². The molecule has 2 aliphatic heterocycles. The molecule has 4 atom stereocenters. The van der Waals surface area contributed by atoms with Crippen molar-refractivity contribution >= 4 is 5.97 Å². The van der Waals surface area contributed by atoms with Gasteiger partial charge in [-0.25, -0.2) is 0 Å². The summed E-state index contributed by atoms with van der Waals surface area (Å²) < 4.78 is 5.31. The lowest BCUT2D eigenvalue weighted by Gasteiger charge is -2.35. The van der Waals surface area contributed by atoms with Crippen LogP contribution in [0.15, 0.2) is 0 Å². The third-order valence-electron chi connectivity index (χ3n) is 3.47. The van der Waals surface area contributed by atoms with Crippen molar-refractivity contribution in [3.63, 3.8) is 0 Å². The second kappa shape index (κ2) is 3.51. The van der Waals surface area contributed by atoms with E-state index in [2.05, 4.69) is 11.9 Å². The van der Waals surface area contributed by atoms with Gasteiger partial charge < -0.3 is 10.5 Å². The molecule has 0 aromatic heterocycles. The van der Waals surface area contributed by atoms with Crippen LogP contribution in [0.4, 0.5) is 0 Å². The van der Waals surface area contributed by atoms with Gasteiger partial charge >= 0.3 is 5.97 Å². The largest absolute Gasteiger partial charge is 0.461 e. The molecule has 0 saturated carbocycles. The molecule has 2 heterocycles. The van der Waals surface area contributed by atoms with Gasteiger partial charge in [0.1, 0.15) is 6.10 Å². The first-order valence-electron chi connectivity index (χ1n) is 5.22. The predicted octanol–water partition coefficient (Wildman–Crippen LogP) is 0.112. The number of fused-ring (bicyclic) bond motifs is 2. The monoisotopic (exact) mass is 198 g/mol. The summed E-state index contributed by atoms with van der Waals surface area (Å²) in [6.45, 7) is 1.47. The summed E-state index contributed by atoms with van der Waals surface area (Å²) in [5, 5.41) is 0. The number of carbonyl (C=O) groups excluding carboxylic acids is 1. The molecule has 4 heteroatoms. The number of ether oxygens (including phenoxy) is 1. The van der Waals surface area contributed by atoms with Gasteiger partial charge in [0.25, 0.3) is 0 Å². The fraction of sp³-hybridized carbons (Fsp3) is 0.900. The first kappa shape index (κ1) is 9.93. The Morgan fingerprint density at radius 1 is 1.43 bits per heavy atom. The zero-order valence-electron chi connectivity index (χ0n) is 8.77. The molecule has 2 saturated heterocycles. The Kier molecular flexibility index (Phi) is 2.49. The Morgan fingerprint density at radius 2 is 2.14 bits per heavy atom. The maximum atomic E-state index is 10.9. The van der Waals surface area contributed by atoms with Gasteiger partial charge in [0.15, 0.2) is 0 Å². The second-order valence-corrected chi connectivity index (χ2v) is 4.50. The summed E-state index contributed by atoms with van der Waals surface area (Å²) in [6.07, 6.45) is 3.00. The minimum atomic E-state index is -0.176. The first-order valence-corrected chi connectivity index (χ1v) is 5.22. The summed E-state index contributed by atoms with van der Waals surface area (Å²) in [5.74, 6) is -0.176. The molecule has 0 spiro atoms. The Hall–Kier alpha value is -0.610. The Balaban J connectivity index is 2.05. The number of hydrogen-bond acceptors (Lipinski definition) is 4. The fourth-order valence-corrected chi connectivity index (χ4v) is 2.80. The first-order chi connectivity index (χ1) is 6.58. The van der Waals surface area contributed by atoms with Crippen LogP contribution in [0.25, 0.3) is 0 Å². The number of nitrogens with two attached hydrogens (primary N) is 1. The van der Waals surface area contributed by atoms with E-state index in [0.29, 0.717) is 12.1 Å². The maximum absolute atomic E-state index is 10.9. The summed E-state index contributed by atoms with van der Waals surface area (Å²) in [7, 11) is 2.10. The van der Waals surface area contributed by atoms with Gasteiger partial charge in [0.05, 0.1) is 0 Å². The van der Waals surface area contributed by atoms with Crippen molar-refractivity contribution in [2.24, 2.45) is 5.73 Å². The van der Waals surface area contributed by atoms with Crippen molar-refractivity contribution in [2.75, 3.05) is 7.05 Å². The highest BCUT2D eigenvalue weighted by molar-refractivity contribution is 5.66. The lowest BCUT2D eigenvalue weighted by atomic mass is 9.99. The summed E-state index contributed by atoms with van der Waals surface area (Å²) in [5.41, 5.74) is 5.94. The summed E-state index contributed by atoms with van der Waals surface area (Å²) in [4.78, 5) is 13.2. The van der Waals surface area contributed by atoms with Crippen LogP contribution < -0.4 is 5.73 Å². The van der Waals surface area contributed by atoms with Crippen molar-refractivity contribution in [1.82, 2.24) is 4.90 Å². The summed E-state index contributed by atoms with van der Waals surface area (Å²) in [6, 6.07) is 1.13. The normalized spacial score (nSPS) is 42.5. The van der Waals surface area contributed by atoms with Gasteiger partial charge in [-0.3, -0.25) is 9.69 Å². The third-order valence-corrected chi connectivity index (χ3v) is 3.47. The van der Waals surface area contributed by atoms with Gasteiger partial charge in [-0.05, 0) is 19.9 Å². The Bertz CT molecular complexity index is 244. The van der Waals surface area contributed by atoms with E-state index in [4.69, 9.17) is 10.5 Å². The number of rotatable bonds is 1. The molecule has 2 aliphatic rings. The molecule has 4 unspecified atom stereocenters. The zero-order valence-corrected chi connectivity index (χ0v) is 8.77. The number of piperidine rings is 1. The molecule has 0 amide bonds. The van der Waals surface area contributed by atoms with E-state index in [0.717, 1.165) is 19.3 Å². The minimum absolute atomic E-state index is 0.0658. The molecule has 2 rings (SSSR count). The van der Waals surface area contributed by atoms with Gasteiger partial charge in [-0.15, -0.1) is 0 Å². The van der Waals surface area contributed by atoms with Crippen molar-refractivity contribution in [2.45, 2.75) is 50.4 Å². The number of carbonyl (C=O) groups is 1. The standard InChI is InChI=1S/C10H18N2O2/c1-6(13)14-10-5-8-3-7(11)4-9(10)12(8)2/h7-10H,3-5,11H2,1-2H3. The zero-order chi connectivity index (χ0) is 10.3. The molecule has 80 valence electrons. The number of nitrogens with zero attached hydrogens (tertiary/aromatic N) is 1. The van der Waals surface area contributed by atoms with E-state index in [1.54, 1.807) is 0 Å². The number of likely N-dealkylation sites (N-methyl/N-ethyl adjacent to an activating group) is 1. The lowest BCUT2D eigenvalue weighted by molar-refractivity contribution is -0.147. The highest BCUT2D eigenvalue weighted by Gasteiger charge is 2.45. The summed E-state index contributed by atoms with van der Waals surface area (Å²) >= 11 is 0. The van der Waals surface area contributed by atoms with Crippen molar-refractivity contribution in [1.29, 1.82) is 0 Å². The molecule has 0 radical (unpaired) electrons. The van der Waals surface area contributed by atoms with Crippen molar-refractivity contribution < 1.29 is 9.53 Å². The van der Waals surface area contributed by atoms with E-state index in [1.165, 1.54) is 6.92 Å². The van der Waals surface area contributed by atoms with E-state index in [1.807, 2.05) is 0 Å². The molecular weight excluding hydrogens is 180 g/mol. The Morgan fingerprint density at radius 3 is 2.79 bits per heavy atom. The van der Waals surface area contributed by atoms with Gasteiger partial charge in [-0.1, -0.05) is 0 Å². The van der Waals surface area contributed by atoms with E-state index in [9.17, 15) is 4.79 Å². The van der Waals surface area contributed by atoms with Crippen LogP contribution in [0.5, 0.6) is 0 Å². The fourth-order valence-electron chi connectivity index (χ4n) is 2.80. The second-order valence-electron chi connectivity index (χ2n) is 4.50. The number of esters is 1. The highest BCUT2D eigenvalue weighted by Crippen LogP contribution is 2.35. The average Bonchev–Trinajstić information content (AvgIpc) is 2.30. The van der Waals surface area contributed by atoms with Crippen LogP contribution in [0, 0.1) is 0 Å². The van der Waals surface area contributed by atoms with Gasteiger partial charge in [0.2, 0.25) is 0 Å². The van der Waals surface area contributed by atoms with E-state index in [-0.39, 0.29) is 18.1 Å². The van der Waals surface area contributed by atoms with Crippen molar-refractivity contribution in [3.05, 3.63) is 0 Å². The van der Waals surface area contributed by atoms with E-state index < -0.39 is 0 Å². The lowest BCUT2D eigenvalue weighted by Crippen LogP contribution is -2.47. The van der Waals surface area contributed by atoms with Crippen LogP contribution in [-0.4, -0.2) is 42.1 Å². The maximum Gasteiger partial charge on any atom is 0.302 e. The molecule has 0 aromatic rings. The predicted molar refractivity (Wildman–Crippen MR) is 52.7 cm³/mol. The molecule has 0 aliphatic carbocycles. The topological polar surface area (TPSA) is 55.6 Å². The van der Waals surface area contributed by atoms with Crippen LogP contribution >= 0.6 is 0 Å². The molecule has 14 heavy (non-hydrogen) atoms. The number of hydrogen-bond donors (Lipinski definition) is 1. The molecule has 0 aromatic carbocycles. The SMILES string of the molecule is CC(=O)OC1CC2CC(N)CC1N2C. The van der Waals surface area contributed by atoms with E-state index >= 15 is 0 Å². The molecular formula is C10H18N2O2. The average molecular weight is 198 g/mol. The van der Waals surface area contributed by atoms with Crippen LogP contribution in [0.3, 0.4) is 0 Å².